The zero-order valence-electron chi connectivity index (χ0n) is 15.7. The maximum Gasteiger partial charge on any atom is 0.236 e. The van der Waals surface area contributed by atoms with Crippen molar-refractivity contribution >= 4 is 5.91 Å². The van der Waals surface area contributed by atoms with Crippen molar-refractivity contribution in [2.24, 2.45) is 5.92 Å². The van der Waals surface area contributed by atoms with Gasteiger partial charge in [-0.05, 0) is 49.8 Å². The predicted molar refractivity (Wildman–Crippen MR) is 104 cm³/mol. The van der Waals surface area contributed by atoms with Gasteiger partial charge in [-0.3, -0.25) is 9.69 Å². The number of rotatable bonds is 4. The molecule has 1 aromatic carbocycles. The topological polar surface area (TPSA) is 28.5 Å². The molecule has 0 radical (unpaired) electrons. The molecule has 138 valence electrons. The largest absolute Gasteiger partial charge is 0.349 e. The molecule has 2 aliphatic heterocycles. The predicted octanol–water partition coefficient (Wildman–Crippen LogP) is 3.35. The van der Waals surface area contributed by atoms with Crippen molar-refractivity contribution in [3.8, 4) is 0 Å². The molecular formula is C22H29N3O. The van der Waals surface area contributed by atoms with Crippen LogP contribution in [0.1, 0.15) is 37.1 Å². The van der Waals surface area contributed by atoms with E-state index in [-0.39, 0.29) is 0 Å². The number of hydrogen-bond donors (Lipinski definition) is 0. The van der Waals surface area contributed by atoms with Gasteiger partial charge in [0.05, 0.1) is 6.54 Å². The highest BCUT2D eigenvalue weighted by Gasteiger charge is 2.28. The van der Waals surface area contributed by atoms with E-state index in [1.807, 2.05) is 0 Å². The van der Waals surface area contributed by atoms with E-state index in [0.717, 1.165) is 45.4 Å². The highest BCUT2D eigenvalue weighted by atomic mass is 16.2. The molecule has 0 saturated carbocycles. The lowest BCUT2D eigenvalue weighted by atomic mass is 9.90. The van der Waals surface area contributed by atoms with Crippen LogP contribution in [0.25, 0.3) is 0 Å². The SMILES string of the molecule is CC1c2cccn2CCN1CC(=O)N1CCC(Cc2ccccc2)CC1. The van der Waals surface area contributed by atoms with Crippen LogP contribution in [-0.4, -0.2) is 46.5 Å². The maximum absolute atomic E-state index is 12.8. The van der Waals surface area contributed by atoms with Crippen molar-refractivity contribution in [2.75, 3.05) is 26.2 Å². The van der Waals surface area contributed by atoms with E-state index in [1.165, 1.54) is 11.3 Å². The van der Waals surface area contributed by atoms with Gasteiger partial charge in [0.15, 0.2) is 0 Å². The molecule has 0 bridgehead atoms. The molecule has 1 atom stereocenters. The molecule has 1 saturated heterocycles. The van der Waals surface area contributed by atoms with Gasteiger partial charge in [0, 0.05) is 44.1 Å². The molecule has 0 aliphatic carbocycles. The summed E-state index contributed by atoms with van der Waals surface area (Å²) in [6.45, 7) is 6.53. The monoisotopic (exact) mass is 351 g/mol. The number of carbonyl (C=O) groups is 1. The fraction of sp³-hybridized carbons (Fsp3) is 0.500. The molecule has 1 fully saturated rings. The molecule has 0 N–H and O–H groups in total. The third-order valence-corrected chi connectivity index (χ3v) is 6.14. The second-order valence-corrected chi connectivity index (χ2v) is 7.79. The van der Waals surface area contributed by atoms with Crippen molar-refractivity contribution in [1.29, 1.82) is 0 Å². The zero-order valence-corrected chi connectivity index (χ0v) is 15.7. The van der Waals surface area contributed by atoms with Gasteiger partial charge in [-0.1, -0.05) is 30.3 Å². The van der Waals surface area contributed by atoms with Crippen LogP contribution in [0.3, 0.4) is 0 Å². The Kier molecular flexibility index (Phi) is 5.11. The fourth-order valence-electron chi connectivity index (χ4n) is 4.45. The molecule has 1 unspecified atom stereocenters. The van der Waals surface area contributed by atoms with E-state index in [1.54, 1.807) is 0 Å². The van der Waals surface area contributed by atoms with E-state index in [9.17, 15) is 4.79 Å². The lowest BCUT2D eigenvalue weighted by Gasteiger charge is -2.37. The molecule has 2 aliphatic rings. The first-order valence-electron chi connectivity index (χ1n) is 9.91. The lowest BCUT2D eigenvalue weighted by molar-refractivity contribution is -0.134. The van der Waals surface area contributed by atoms with Crippen LogP contribution >= 0.6 is 0 Å². The van der Waals surface area contributed by atoms with E-state index < -0.39 is 0 Å². The summed E-state index contributed by atoms with van der Waals surface area (Å²) in [5.41, 5.74) is 2.74. The summed E-state index contributed by atoms with van der Waals surface area (Å²) in [4.78, 5) is 17.2. The van der Waals surface area contributed by atoms with Crippen LogP contribution in [0.4, 0.5) is 0 Å². The number of fused-ring (bicyclic) bond motifs is 1. The molecule has 1 aromatic heterocycles. The van der Waals surface area contributed by atoms with Gasteiger partial charge >= 0.3 is 0 Å². The van der Waals surface area contributed by atoms with Crippen LogP contribution < -0.4 is 0 Å². The normalized spacial score (nSPS) is 21.6. The van der Waals surface area contributed by atoms with E-state index >= 15 is 0 Å². The van der Waals surface area contributed by atoms with Crippen LogP contribution in [-0.2, 0) is 17.8 Å². The Hall–Kier alpha value is -2.07. The second-order valence-electron chi connectivity index (χ2n) is 7.79. The smallest absolute Gasteiger partial charge is 0.236 e. The number of likely N-dealkylation sites (tertiary alicyclic amines) is 1. The van der Waals surface area contributed by atoms with Crippen LogP contribution in [0.15, 0.2) is 48.7 Å². The Balaban J connectivity index is 1.28. The van der Waals surface area contributed by atoms with Gasteiger partial charge in [-0.2, -0.15) is 0 Å². The molecular weight excluding hydrogens is 322 g/mol. The van der Waals surface area contributed by atoms with Gasteiger partial charge in [-0.15, -0.1) is 0 Å². The summed E-state index contributed by atoms with van der Waals surface area (Å²) in [5.74, 6) is 1.01. The van der Waals surface area contributed by atoms with E-state index in [0.29, 0.717) is 24.4 Å². The number of piperidine rings is 1. The zero-order chi connectivity index (χ0) is 17.9. The van der Waals surface area contributed by atoms with Crippen molar-refractivity contribution in [3.63, 3.8) is 0 Å². The van der Waals surface area contributed by atoms with Gasteiger partial charge in [0.2, 0.25) is 5.91 Å². The summed E-state index contributed by atoms with van der Waals surface area (Å²) in [7, 11) is 0. The minimum atomic E-state index is 0.301. The number of hydrogen-bond acceptors (Lipinski definition) is 2. The number of benzene rings is 1. The first-order chi connectivity index (χ1) is 12.7. The highest BCUT2D eigenvalue weighted by Crippen LogP contribution is 2.26. The highest BCUT2D eigenvalue weighted by molar-refractivity contribution is 5.78. The Morgan fingerprint density at radius 2 is 1.77 bits per heavy atom. The van der Waals surface area contributed by atoms with Crippen molar-refractivity contribution in [1.82, 2.24) is 14.4 Å². The fourth-order valence-corrected chi connectivity index (χ4v) is 4.45. The summed E-state index contributed by atoms with van der Waals surface area (Å²) in [5, 5.41) is 0. The molecule has 1 amide bonds. The molecule has 26 heavy (non-hydrogen) atoms. The second kappa shape index (κ2) is 7.67. The summed E-state index contributed by atoms with van der Waals surface area (Å²) < 4.78 is 2.31. The van der Waals surface area contributed by atoms with Crippen molar-refractivity contribution in [3.05, 3.63) is 59.9 Å². The Labute approximate surface area is 156 Å². The Morgan fingerprint density at radius 3 is 2.54 bits per heavy atom. The lowest BCUT2D eigenvalue weighted by Crippen LogP contribution is -2.47. The minimum Gasteiger partial charge on any atom is -0.349 e. The Morgan fingerprint density at radius 1 is 1.00 bits per heavy atom. The molecule has 4 heteroatoms. The summed E-state index contributed by atoms with van der Waals surface area (Å²) >= 11 is 0. The third-order valence-electron chi connectivity index (χ3n) is 6.14. The first-order valence-corrected chi connectivity index (χ1v) is 9.91. The van der Waals surface area contributed by atoms with Crippen LogP contribution in [0.2, 0.25) is 0 Å². The number of nitrogens with zero attached hydrogens (tertiary/aromatic N) is 3. The van der Waals surface area contributed by atoms with Gasteiger partial charge in [0.1, 0.15) is 0 Å². The van der Waals surface area contributed by atoms with E-state index in [2.05, 4.69) is 70.0 Å². The maximum atomic E-state index is 12.8. The number of carbonyl (C=O) groups excluding carboxylic acids is 1. The number of amides is 1. The van der Waals surface area contributed by atoms with Crippen molar-refractivity contribution in [2.45, 2.75) is 38.8 Å². The summed E-state index contributed by atoms with van der Waals surface area (Å²) in [6.07, 6.45) is 5.53. The molecule has 2 aromatic rings. The molecule has 3 heterocycles. The van der Waals surface area contributed by atoms with Crippen LogP contribution in [0, 0.1) is 5.92 Å². The van der Waals surface area contributed by atoms with Gasteiger partial charge < -0.3 is 9.47 Å². The summed E-state index contributed by atoms with van der Waals surface area (Å²) in [6, 6.07) is 15.3. The molecule has 4 nitrogen and oxygen atoms in total. The van der Waals surface area contributed by atoms with E-state index in [4.69, 9.17) is 0 Å². The Bertz CT molecular complexity index is 731. The third kappa shape index (κ3) is 3.70. The van der Waals surface area contributed by atoms with Crippen molar-refractivity contribution < 1.29 is 4.79 Å². The van der Waals surface area contributed by atoms with Gasteiger partial charge in [0.25, 0.3) is 0 Å². The molecule has 0 spiro atoms. The minimum absolute atomic E-state index is 0.301. The standard InChI is InChI=1S/C22H29N3O/c1-18-21-8-5-11-23(21)14-15-25(18)17-22(26)24-12-9-20(10-13-24)16-19-6-3-2-4-7-19/h2-8,11,18,20H,9-10,12-17H2,1H3. The number of aromatic nitrogens is 1. The first kappa shape index (κ1) is 17.3. The van der Waals surface area contributed by atoms with Gasteiger partial charge in [-0.25, -0.2) is 0 Å². The quantitative estimate of drug-likeness (QED) is 0.845. The van der Waals surface area contributed by atoms with Crippen LogP contribution in [0.5, 0.6) is 0 Å². The average Bonchev–Trinajstić information content (AvgIpc) is 3.15. The average molecular weight is 351 g/mol. The molecule has 4 rings (SSSR count).